The molecule has 0 unspecified atom stereocenters. The third-order valence-corrected chi connectivity index (χ3v) is 2.44. The molecule has 3 N–H and O–H groups in total. The zero-order valence-corrected chi connectivity index (χ0v) is 11.6. The Morgan fingerprint density at radius 3 is 2.20 bits per heavy atom. The van der Waals surface area contributed by atoms with E-state index in [1.807, 2.05) is 0 Å². The van der Waals surface area contributed by atoms with Gasteiger partial charge in [-0.2, -0.15) is 0 Å². The summed E-state index contributed by atoms with van der Waals surface area (Å²) in [6.07, 6.45) is 0.701. The van der Waals surface area contributed by atoms with Gasteiger partial charge in [0.2, 0.25) is 0 Å². The number of aliphatic hydroxyl groups is 2. The Morgan fingerprint density at radius 2 is 1.80 bits per heavy atom. The molecule has 0 spiro atoms. The molecule has 1 heterocycles. The van der Waals surface area contributed by atoms with E-state index >= 15 is 0 Å². The molecule has 0 aliphatic carbocycles. The van der Waals surface area contributed by atoms with Crippen molar-refractivity contribution in [2.75, 3.05) is 13.2 Å². The second-order valence-corrected chi connectivity index (χ2v) is 4.21. The van der Waals surface area contributed by atoms with Crippen LogP contribution < -0.4 is 0 Å². The highest BCUT2D eigenvalue weighted by molar-refractivity contribution is 7.80. The Bertz CT molecular complexity index is 354. The van der Waals surface area contributed by atoms with Gasteiger partial charge in [-0.15, -0.1) is 5.06 Å². The van der Waals surface area contributed by atoms with Gasteiger partial charge in [-0.05, 0) is 6.42 Å². The van der Waals surface area contributed by atoms with Crippen molar-refractivity contribution in [2.45, 2.75) is 32.1 Å². The Kier molecular flexibility index (Phi) is 9.43. The minimum atomic E-state index is -0.972. The van der Waals surface area contributed by atoms with Gasteiger partial charge in [0.05, 0.1) is 13.2 Å². The van der Waals surface area contributed by atoms with E-state index in [1.165, 1.54) is 0 Å². The number of nitrogens with zero attached hydrogens (tertiary/aromatic N) is 1. The molecular formula is C11H17NO7S. The molecule has 20 heavy (non-hydrogen) atoms. The molecule has 1 saturated heterocycles. The largest absolute Gasteiger partial charge is 0.481 e. The van der Waals surface area contributed by atoms with Crippen molar-refractivity contribution in [3.63, 3.8) is 0 Å². The molecule has 0 bridgehead atoms. The number of hydrogen-bond donors (Lipinski definition) is 3. The smallest absolute Gasteiger partial charge is 0.333 e. The van der Waals surface area contributed by atoms with Gasteiger partial charge in [0.25, 0.3) is 5.91 Å². The number of thiocarbonyl (C=S) groups is 1. The maximum absolute atomic E-state index is 11.2. The number of carboxylic acids is 1. The maximum atomic E-state index is 11.2. The highest BCUT2D eigenvalue weighted by atomic mass is 32.1. The van der Waals surface area contributed by atoms with Crippen LogP contribution in [0.5, 0.6) is 0 Å². The second-order valence-electron chi connectivity index (χ2n) is 3.74. The molecule has 1 amide bonds. The van der Waals surface area contributed by atoms with Crippen LogP contribution in [0, 0.1) is 0 Å². The summed E-state index contributed by atoms with van der Waals surface area (Å²) in [6.45, 7) is -0.250. The normalized spacial score (nSPS) is 13.8. The highest BCUT2D eigenvalue weighted by Gasteiger charge is 2.29. The van der Waals surface area contributed by atoms with Crippen molar-refractivity contribution < 1.29 is 34.5 Å². The van der Waals surface area contributed by atoms with Crippen LogP contribution >= 0.6 is 12.2 Å². The van der Waals surface area contributed by atoms with E-state index < -0.39 is 11.9 Å². The first-order chi connectivity index (χ1) is 9.42. The van der Waals surface area contributed by atoms with Gasteiger partial charge in [-0.1, -0.05) is 12.2 Å². The fourth-order valence-corrected chi connectivity index (χ4v) is 1.43. The van der Waals surface area contributed by atoms with Crippen LogP contribution in [0.1, 0.15) is 32.1 Å². The lowest BCUT2D eigenvalue weighted by Gasteiger charge is -2.14. The minimum Gasteiger partial charge on any atom is -0.481 e. The number of carbonyl (C=O) groups is 3. The molecule has 1 aliphatic rings. The topological polar surface area (TPSA) is 124 Å². The number of aliphatic hydroxyl groups excluding tert-OH is 2. The predicted molar refractivity (Wildman–Crippen MR) is 70.4 cm³/mol. The molecular weight excluding hydrogens is 290 g/mol. The number of carbonyl (C=O) groups excluding carboxylic acids is 2. The number of hydrogen-bond acceptors (Lipinski definition) is 7. The molecule has 0 atom stereocenters. The summed E-state index contributed by atoms with van der Waals surface area (Å²) in [5.74, 6) is -1.95. The minimum absolute atomic E-state index is 0.0430. The van der Waals surface area contributed by atoms with Crippen LogP contribution in [0.4, 0.5) is 0 Å². The highest BCUT2D eigenvalue weighted by Crippen LogP contribution is 2.14. The van der Waals surface area contributed by atoms with Gasteiger partial charge >= 0.3 is 11.9 Å². The van der Waals surface area contributed by atoms with Crippen LogP contribution in [0.15, 0.2) is 0 Å². The monoisotopic (exact) mass is 307 g/mol. The summed E-state index contributed by atoms with van der Waals surface area (Å²) in [4.78, 5) is 37.6. The summed E-state index contributed by atoms with van der Waals surface area (Å²) in [5, 5.41) is 24.4. The summed E-state index contributed by atoms with van der Waals surface area (Å²) in [6, 6.07) is 0. The molecule has 0 aromatic rings. The number of carboxylic acid groups (broad SMARTS) is 1. The van der Waals surface area contributed by atoms with Crippen LogP contribution in [-0.4, -0.2) is 56.4 Å². The molecule has 0 aromatic carbocycles. The average Bonchev–Trinajstić information content (AvgIpc) is 2.70. The fourth-order valence-electron chi connectivity index (χ4n) is 1.19. The van der Waals surface area contributed by atoms with Crippen LogP contribution in [0.2, 0.25) is 0 Å². The van der Waals surface area contributed by atoms with E-state index in [0.717, 1.165) is 5.06 Å². The standard InChI is InChI=1S/C9H11NO5S.C2H6O2/c11-6-4-5-7(16)10(6)15-9(14)3-1-2-8(12)13;3-1-2-4/h1-5H2,(H,12,13);3-4H,1-2H2. The van der Waals surface area contributed by atoms with Crippen molar-refractivity contribution in [1.29, 1.82) is 0 Å². The Hall–Kier alpha value is -1.58. The van der Waals surface area contributed by atoms with Crippen molar-refractivity contribution >= 4 is 35.1 Å². The van der Waals surface area contributed by atoms with Gasteiger partial charge in [0.1, 0.15) is 4.99 Å². The van der Waals surface area contributed by atoms with E-state index in [0.29, 0.717) is 6.42 Å². The third kappa shape index (κ3) is 7.77. The number of aliphatic carboxylic acids is 1. The van der Waals surface area contributed by atoms with Crippen LogP contribution in [-0.2, 0) is 19.2 Å². The van der Waals surface area contributed by atoms with Crippen molar-refractivity contribution in [3.8, 4) is 0 Å². The number of rotatable bonds is 6. The van der Waals surface area contributed by atoms with E-state index in [2.05, 4.69) is 0 Å². The molecule has 1 fully saturated rings. The summed E-state index contributed by atoms with van der Waals surface area (Å²) < 4.78 is 0. The molecule has 8 nitrogen and oxygen atoms in total. The lowest BCUT2D eigenvalue weighted by molar-refractivity contribution is -0.180. The predicted octanol–water partition coefficient (Wildman–Crippen LogP) is -0.380. The molecule has 0 radical (unpaired) electrons. The average molecular weight is 307 g/mol. The zero-order valence-electron chi connectivity index (χ0n) is 10.8. The summed E-state index contributed by atoms with van der Waals surface area (Å²) in [7, 11) is 0. The van der Waals surface area contributed by atoms with Gasteiger partial charge in [0.15, 0.2) is 0 Å². The molecule has 114 valence electrons. The van der Waals surface area contributed by atoms with Gasteiger partial charge in [0, 0.05) is 25.7 Å². The van der Waals surface area contributed by atoms with Crippen molar-refractivity contribution in [2.24, 2.45) is 0 Å². The first kappa shape index (κ1) is 18.4. The van der Waals surface area contributed by atoms with Gasteiger partial charge < -0.3 is 20.2 Å². The molecule has 9 heteroatoms. The quantitative estimate of drug-likeness (QED) is 0.567. The number of hydroxylamine groups is 2. The lowest BCUT2D eigenvalue weighted by Crippen LogP contribution is -2.31. The Balaban J connectivity index is 0.000000796. The van der Waals surface area contributed by atoms with Crippen molar-refractivity contribution in [1.82, 2.24) is 5.06 Å². The van der Waals surface area contributed by atoms with E-state index in [1.54, 1.807) is 0 Å². The zero-order chi connectivity index (χ0) is 15.5. The first-order valence-electron chi connectivity index (χ1n) is 5.92. The molecule has 0 aromatic heterocycles. The second kappa shape index (κ2) is 10.2. The van der Waals surface area contributed by atoms with Crippen LogP contribution in [0.25, 0.3) is 0 Å². The lowest BCUT2D eigenvalue weighted by atomic mass is 10.2. The van der Waals surface area contributed by atoms with Gasteiger partial charge in [-0.3, -0.25) is 9.59 Å². The number of amides is 1. The Labute approximate surface area is 120 Å². The Morgan fingerprint density at radius 1 is 1.20 bits per heavy atom. The maximum Gasteiger partial charge on any atom is 0.333 e. The van der Waals surface area contributed by atoms with Crippen molar-refractivity contribution in [3.05, 3.63) is 0 Å². The summed E-state index contributed by atoms with van der Waals surface area (Å²) >= 11 is 4.82. The first-order valence-corrected chi connectivity index (χ1v) is 6.33. The summed E-state index contributed by atoms with van der Waals surface area (Å²) in [5.41, 5.74) is 0. The van der Waals surface area contributed by atoms with Gasteiger partial charge in [-0.25, -0.2) is 4.79 Å². The molecule has 1 aliphatic heterocycles. The van der Waals surface area contributed by atoms with Crippen LogP contribution in [0.3, 0.4) is 0 Å². The molecule has 1 rings (SSSR count). The van der Waals surface area contributed by atoms with E-state index in [-0.39, 0.29) is 49.8 Å². The fraction of sp³-hybridized carbons (Fsp3) is 0.636. The van der Waals surface area contributed by atoms with E-state index in [4.69, 9.17) is 32.4 Å². The SMILES string of the molecule is O=C(O)CCCC(=O)ON1C(=O)CCC1=S.OCCO. The third-order valence-electron chi connectivity index (χ3n) is 2.07. The molecule has 0 saturated carbocycles. The van der Waals surface area contributed by atoms with E-state index in [9.17, 15) is 14.4 Å².